The van der Waals surface area contributed by atoms with Gasteiger partial charge in [-0.25, -0.2) is 13.4 Å². The van der Waals surface area contributed by atoms with Crippen molar-refractivity contribution in [2.75, 3.05) is 5.32 Å². The lowest BCUT2D eigenvalue weighted by atomic mass is 9.93. The largest absolute Gasteiger partial charge is 0.456 e. The molecule has 1 aliphatic heterocycles. The van der Waals surface area contributed by atoms with Crippen LogP contribution in [0.15, 0.2) is 111 Å². The average Bonchev–Trinajstić information content (AvgIpc) is 2.95. The van der Waals surface area contributed by atoms with Gasteiger partial charge < -0.3 is 9.73 Å². The van der Waals surface area contributed by atoms with Crippen molar-refractivity contribution < 1.29 is 12.8 Å². The number of halogens is 1. The van der Waals surface area contributed by atoms with E-state index in [1.165, 1.54) is 6.07 Å². The predicted molar refractivity (Wildman–Crippen MR) is 172 cm³/mol. The second-order valence-electron chi connectivity index (χ2n) is 10.5. The summed E-state index contributed by atoms with van der Waals surface area (Å²) in [6.07, 6.45) is 0. The highest BCUT2D eigenvalue weighted by molar-refractivity contribution is 8.13. The fourth-order valence-corrected chi connectivity index (χ4v) is 6.55. The Morgan fingerprint density at radius 2 is 1.38 bits per heavy atom. The molecule has 0 spiro atoms. The normalized spacial score (nSPS) is 12.3. The van der Waals surface area contributed by atoms with Gasteiger partial charge in [0.2, 0.25) is 0 Å². The summed E-state index contributed by atoms with van der Waals surface area (Å²) in [6, 6.07) is 30.7. The van der Waals surface area contributed by atoms with E-state index in [1.54, 1.807) is 12.1 Å². The molecule has 1 aliphatic carbocycles. The first kappa shape index (κ1) is 27.8. The number of aryl methyl sites for hydroxylation is 4. The molecule has 7 heteroatoms. The molecule has 0 atom stereocenters. The highest BCUT2D eigenvalue weighted by Gasteiger charge is 2.23. The van der Waals surface area contributed by atoms with Crippen molar-refractivity contribution in [3.8, 4) is 22.5 Å². The molecule has 0 amide bonds. The zero-order valence-corrected chi connectivity index (χ0v) is 25.3. The third kappa shape index (κ3) is 5.20. The first-order chi connectivity index (χ1) is 20.1. The Morgan fingerprint density at radius 1 is 0.714 bits per heavy atom. The summed E-state index contributed by atoms with van der Waals surface area (Å²) in [4.78, 5) is 4.98. The maximum atomic E-state index is 12.7. The molecule has 0 radical (unpaired) electrons. The van der Waals surface area contributed by atoms with E-state index in [4.69, 9.17) is 20.1 Å². The minimum absolute atomic E-state index is 0.0440. The average molecular weight is 593 g/mol. The number of nitrogens with one attached hydrogen (secondary N) is 1. The van der Waals surface area contributed by atoms with E-state index in [1.807, 2.05) is 80.6 Å². The van der Waals surface area contributed by atoms with Crippen molar-refractivity contribution in [2.24, 2.45) is 4.99 Å². The first-order valence-corrected chi connectivity index (χ1v) is 15.9. The van der Waals surface area contributed by atoms with Gasteiger partial charge in [0.15, 0.2) is 0 Å². The molecule has 0 fully saturated rings. The predicted octanol–water partition coefficient (Wildman–Crippen LogP) is 9.34. The van der Waals surface area contributed by atoms with Crippen molar-refractivity contribution in [3.63, 3.8) is 0 Å². The lowest BCUT2D eigenvalue weighted by Gasteiger charge is -2.18. The number of hydrogen-bond acceptors (Lipinski definition) is 5. The van der Waals surface area contributed by atoms with E-state index in [0.29, 0.717) is 16.9 Å². The molecule has 2 aliphatic rings. The maximum Gasteiger partial charge on any atom is 0.261 e. The molecule has 4 aromatic carbocycles. The molecular weight excluding hydrogens is 564 g/mol. The van der Waals surface area contributed by atoms with Gasteiger partial charge in [0, 0.05) is 56.3 Å². The molecule has 5 nitrogen and oxygen atoms in total. The van der Waals surface area contributed by atoms with Crippen molar-refractivity contribution >= 4 is 47.8 Å². The molecule has 1 N–H and O–H groups in total. The van der Waals surface area contributed by atoms with E-state index in [2.05, 4.69) is 31.3 Å². The highest BCUT2D eigenvalue weighted by atomic mass is 35.7. The van der Waals surface area contributed by atoms with Gasteiger partial charge in [0.1, 0.15) is 11.3 Å². The van der Waals surface area contributed by atoms with Crippen LogP contribution in [0.2, 0.25) is 0 Å². The van der Waals surface area contributed by atoms with Gasteiger partial charge in [-0.2, -0.15) is 0 Å². The van der Waals surface area contributed by atoms with Gasteiger partial charge in [-0.1, -0.05) is 54.6 Å². The van der Waals surface area contributed by atoms with Crippen LogP contribution in [0, 0.1) is 27.7 Å². The van der Waals surface area contributed by atoms with Crippen LogP contribution in [-0.2, 0) is 9.05 Å². The second kappa shape index (κ2) is 10.8. The summed E-state index contributed by atoms with van der Waals surface area (Å²) in [5.41, 5.74) is 9.80. The van der Waals surface area contributed by atoms with Crippen LogP contribution >= 0.6 is 10.7 Å². The lowest BCUT2D eigenvalue weighted by Crippen LogP contribution is -2.04. The summed E-state index contributed by atoms with van der Waals surface area (Å²) in [5.74, 6) is 0.580. The number of para-hydroxylation sites is 2. The van der Waals surface area contributed by atoms with Gasteiger partial charge in [-0.15, -0.1) is 0 Å². The molecule has 6 rings (SSSR count). The number of fused-ring (bicyclic) bond motifs is 2. The van der Waals surface area contributed by atoms with E-state index >= 15 is 0 Å². The molecular formula is C35H29ClN2O3S. The molecule has 1 heterocycles. The molecule has 0 saturated heterocycles. The fourth-order valence-electron chi connectivity index (χ4n) is 5.47. The van der Waals surface area contributed by atoms with Crippen LogP contribution in [-0.4, -0.2) is 8.42 Å². The van der Waals surface area contributed by atoms with Gasteiger partial charge in [0.25, 0.3) is 9.05 Å². The van der Waals surface area contributed by atoms with E-state index in [0.717, 1.165) is 61.2 Å². The smallest absolute Gasteiger partial charge is 0.261 e. The Hall–Kier alpha value is -4.39. The Kier molecular flexibility index (Phi) is 7.13. The lowest BCUT2D eigenvalue weighted by molar-refractivity contribution is 0.609. The van der Waals surface area contributed by atoms with Crippen molar-refractivity contribution in [3.05, 3.63) is 125 Å². The summed E-state index contributed by atoms with van der Waals surface area (Å²) in [6.45, 7) is 8.21. The van der Waals surface area contributed by atoms with Crippen LogP contribution in [0.25, 0.3) is 33.4 Å². The van der Waals surface area contributed by atoms with Crippen molar-refractivity contribution in [1.29, 1.82) is 0 Å². The Labute approximate surface area is 249 Å². The third-order valence-corrected chi connectivity index (χ3v) is 8.94. The maximum absolute atomic E-state index is 12.7. The van der Waals surface area contributed by atoms with Gasteiger partial charge in [0.05, 0.1) is 15.9 Å². The van der Waals surface area contributed by atoms with Gasteiger partial charge >= 0.3 is 0 Å². The van der Waals surface area contributed by atoms with Gasteiger partial charge in [-0.3, -0.25) is 0 Å². The van der Waals surface area contributed by atoms with Crippen LogP contribution in [0.3, 0.4) is 0 Å². The Balaban J connectivity index is 1.64. The molecule has 4 aromatic rings. The van der Waals surface area contributed by atoms with E-state index in [-0.39, 0.29) is 4.90 Å². The van der Waals surface area contributed by atoms with Crippen LogP contribution in [0.4, 0.5) is 17.1 Å². The van der Waals surface area contributed by atoms with Crippen LogP contribution in [0.1, 0.15) is 22.3 Å². The van der Waals surface area contributed by atoms with Crippen molar-refractivity contribution in [1.82, 2.24) is 0 Å². The molecule has 0 unspecified atom stereocenters. The third-order valence-electron chi connectivity index (χ3n) is 7.56. The highest BCUT2D eigenvalue weighted by Crippen LogP contribution is 2.43. The number of hydrogen-bond donors (Lipinski definition) is 1. The van der Waals surface area contributed by atoms with Gasteiger partial charge in [-0.05, 0) is 80.3 Å². The molecule has 42 heavy (non-hydrogen) atoms. The van der Waals surface area contributed by atoms with Crippen LogP contribution in [0.5, 0.6) is 0 Å². The van der Waals surface area contributed by atoms with Crippen molar-refractivity contribution in [2.45, 2.75) is 32.6 Å². The topological polar surface area (TPSA) is 71.7 Å². The van der Waals surface area contributed by atoms with Crippen LogP contribution < -0.4 is 10.7 Å². The zero-order chi connectivity index (χ0) is 29.6. The number of anilines is 2. The summed E-state index contributed by atoms with van der Waals surface area (Å²) >= 11 is 0. The summed E-state index contributed by atoms with van der Waals surface area (Å²) in [7, 11) is 1.91. The monoisotopic (exact) mass is 592 g/mol. The number of nitrogens with zero attached hydrogens (tertiary/aromatic N) is 1. The second-order valence-corrected chi connectivity index (χ2v) is 13.1. The summed E-state index contributed by atoms with van der Waals surface area (Å²) in [5, 5.41) is 5.04. The molecule has 0 saturated carbocycles. The Bertz CT molecular complexity index is 2110. The Morgan fingerprint density at radius 3 is 2.07 bits per heavy atom. The minimum atomic E-state index is -4.02. The number of rotatable bonds is 5. The van der Waals surface area contributed by atoms with E-state index in [9.17, 15) is 8.42 Å². The summed E-state index contributed by atoms with van der Waals surface area (Å²) < 4.78 is 31.8. The molecule has 210 valence electrons. The number of benzene rings is 5. The quantitative estimate of drug-likeness (QED) is 0.160. The zero-order valence-electron chi connectivity index (χ0n) is 23.7. The molecule has 0 aromatic heterocycles. The first-order valence-electron chi connectivity index (χ1n) is 13.6. The van der Waals surface area contributed by atoms with E-state index < -0.39 is 9.05 Å². The molecule has 0 bridgehead atoms. The minimum Gasteiger partial charge on any atom is -0.456 e. The SMILES string of the molecule is Cc1cccc(C)c1N=c1ccc2c(-c3ccccc3S(=O)(=O)Cl)c3ccc(Nc4c(C)cccc4C)cc3oc-2c1. The fraction of sp³-hybridized carbons (Fsp3) is 0.114. The standard InChI is InChI=1S/C35H29ClN2O3S/c1-21-9-7-10-22(2)34(21)37-25-15-17-27-30(19-25)41-31-20-26(38-35-23(3)11-8-12-24(35)4)16-18-28(31)33(27)29-13-5-6-14-32(29)42(36,39)40/h5-20,37H,1-4H3.